The standard InChI is InChI=1S/C28H37N5O7/c1-17-7-5-6-8-21(17)32-27(38)33-22-10-9-19(12-24(22)39-4)11-20(35)14-29-15-28(3)16-30-25(40-28)13-23(26(36)37)31-18(2)34/h5-10,12,23,25,29-30H,11,13-16H2,1-4H3,(H,31,34)(H,36,37)(H2,32,33,38). The molecule has 1 saturated heterocycles. The molecule has 0 radical (unpaired) electrons. The second-order valence-corrected chi connectivity index (χ2v) is 10.0. The molecule has 1 heterocycles. The Morgan fingerprint density at radius 3 is 2.55 bits per heavy atom. The fraction of sp³-hybridized carbons (Fsp3) is 0.429. The highest BCUT2D eigenvalue weighted by molar-refractivity contribution is 6.01. The highest BCUT2D eigenvalue weighted by Crippen LogP contribution is 2.26. The molecule has 3 rings (SSSR count). The molecule has 216 valence electrons. The number of ketones is 1. The number of carbonyl (C=O) groups is 4. The molecule has 3 amide bonds. The highest BCUT2D eigenvalue weighted by atomic mass is 16.5. The normalized spacial score (nSPS) is 18.9. The van der Waals surface area contributed by atoms with Crippen molar-refractivity contribution < 1.29 is 33.8 Å². The molecule has 0 aromatic heterocycles. The van der Waals surface area contributed by atoms with Gasteiger partial charge in [0.25, 0.3) is 0 Å². The number of hydrogen-bond donors (Lipinski definition) is 6. The van der Waals surface area contributed by atoms with Crippen molar-refractivity contribution >= 4 is 35.1 Å². The van der Waals surface area contributed by atoms with Gasteiger partial charge in [-0.2, -0.15) is 0 Å². The predicted octanol–water partition coefficient (Wildman–Crippen LogP) is 2.03. The van der Waals surface area contributed by atoms with Crippen molar-refractivity contribution in [2.24, 2.45) is 0 Å². The molecule has 0 saturated carbocycles. The Morgan fingerprint density at radius 2 is 1.88 bits per heavy atom. The topological polar surface area (TPSA) is 167 Å². The van der Waals surface area contributed by atoms with Crippen LogP contribution >= 0.6 is 0 Å². The predicted molar refractivity (Wildman–Crippen MR) is 150 cm³/mol. The van der Waals surface area contributed by atoms with Crippen molar-refractivity contribution in [1.29, 1.82) is 0 Å². The lowest BCUT2D eigenvalue weighted by Crippen LogP contribution is -2.44. The lowest BCUT2D eigenvalue weighted by Gasteiger charge is -2.25. The van der Waals surface area contributed by atoms with E-state index in [1.54, 1.807) is 18.2 Å². The molecular weight excluding hydrogens is 518 g/mol. The van der Waals surface area contributed by atoms with Crippen molar-refractivity contribution in [1.82, 2.24) is 16.0 Å². The van der Waals surface area contributed by atoms with Gasteiger partial charge in [0.2, 0.25) is 5.91 Å². The van der Waals surface area contributed by atoms with Gasteiger partial charge in [-0.05, 0) is 43.2 Å². The zero-order chi connectivity index (χ0) is 29.3. The number of rotatable bonds is 13. The molecule has 12 heteroatoms. The number of carboxylic acid groups (broad SMARTS) is 1. The Bertz CT molecular complexity index is 1240. The first-order valence-corrected chi connectivity index (χ1v) is 12.9. The van der Waals surface area contributed by atoms with E-state index >= 15 is 0 Å². The summed E-state index contributed by atoms with van der Waals surface area (Å²) < 4.78 is 11.4. The maximum absolute atomic E-state index is 12.6. The van der Waals surface area contributed by atoms with Gasteiger partial charge >= 0.3 is 12.0 Å². The first-order valence-electron chi connectivity index (χ1n) is 12.9. The highest BCUT2D eigenvalue weighted by Gasteiger charge is 2.37. The van der Waals surface area contributed by atoms with E-state index in [2.05, 4.69) is 26.6 Å². The van der Waals surface area contributed by atoms with E-state index < -0.39 is 35.8 Å². The number of Topliss-reactive ketones (excluding diaryl/α,β-unsaturated/α-hetero) is 1. The number of hydrogen-bond acceptors (Lipinski definition) is 8. The van der Waals surface area contributed by atoms with Crippen molar-refractivity contribution in [3.63, 3.8) is 0 Å². The number of amides is 3. The van der Waals surface area contributed by atoms with Crippen LogP contribution in [0.5, 0.6) is 5.75 Å². The molecular formula is C28H37N5O7. The Balaban J connectivity index is 1.46. The summed E-state index contributed by atoms with van der Waals surface area (Å²) in [6, 6.07) is 11.1. The molecule has 6 N–H and O–H groups in total. The third-order valence-electron chi connectivity index (χ3n) is 6.39. The fourth-order valence-electron chi connectivity index (χ4n) is 4.37. The number of para-hydroxylation sites is 1. The number of carboxylic acids is 1. The average molecular weight is 556 g/mol. The second-order valence-electron chi connectivity index (χ2n) is 10.0. The van der Waals surface area contributed by atoms with Gasteiger partial charge in [0.05, 0.1) is 24.9 Å². The number of nitrogens with one attached hydrogen (secondary N) is 5. The summed E-state index contributed by atoms with van der Waals surface area (Å²) >= 11 is 0. The van der Waals surface area contributed by atoms with Crippen LogP contribution in [0.15, 0.2) is 42.5 Å². The maximum atomic E-state index is 12.6. The van der Waals surface area contributed by atoms with Crippen molar-refractivity contribution in [3.8, 4) is 5.75 Å². The van der Waals surface area contributed by atoms with Gasteiger partial charge in [0.1, 0.15) is 18.0 Å². The SMILES string of the molecule is COc1cc(CC(=O)CNCC2(C)CNC(CC(NC(C)=O)C(=O)O)O2)ccc1NC(=O)Nc1ccccc1C. The minimum Gasteiger partial charge on any atom is -0.495 e. The molecule has 12 nitrogen and oxygen atoms in total. The second kappa shape index (κ2) is 13.9. The first kappa shape index (κ1) is 30.5. The molecule has 1 fully saturated rings. The molecule has 0 aliphatic carbocycles. The van der Waals surface area contributed by atoms with E-state index in [9.17, 15) is 24.3 Å². The van der Waals surface area contributed by atoms with Gasteiger partial charge in [0, 0.05) is 38.5 Å². The minimum absolute atomic E-state index is 0.0530. The average Bonchev–Trinajstić information content (AvgIpc) is 3.25. The molecule has 2 aromatic rings. The summed E-state index contributed by atoms with van der Waals surface area (Å²) in [5, 5.41) is 23.5. The molecule has 0 spiro atoms. The van der Waals surface area contributed by atoms with Crippen LogP contribution < -0.4 is 31.3 Å². The van der Waals surface area contributed by atoms with Crippen LogP contribution in [-0.2, 0) is 25.5 Å². The Kier molecular flexibility index (Phi) is 10.6. The number of benzene rings is 2. The van der Waals surface area contributed by atoms with Gasteiger partial charge in [-0.1, -0.05) is 24.3 Å². The van der Waals surface area contributed by atoms with Crippen LogP contribution in [0.4, 0.5) is 16.2 Å². The largest absolute Gasteiger partial charge is 0.495 e. The van der Waals surface area contributed by atoms with E-state index in [4.69, 9.17) is 9.47 Å². The Labute approximate surface area is 233 Å². The summed E-state index contributed by atoms with van der Waals surface area (Å²) in [4.78, 5) is 47.7. The van der Waals surface area contributed by atoms with Gasteiger partial charge in [-0.25, -0.2) is 9.59 Å². The van der Waals surface area contributed by atoms with Crippen molar-refractivity contribution in [2.75, 3.05) is 37.4 Å². The molecule has 0 bridgehead atoms. The van der Waals surface area contributed by atoms with Crippen LogP contribution in [0.25, 0.3) is 0 Å². The van der Waals surface area contributed by atoms with Crippen molar-refractivity contribution in [3.05, 3.63) is 53.6 Å². The number of aliphatic carboxylic acids is 1. The van der Waals surface area contributed by atoms with Gasteiger partial charge in [0.15, 0.2) is 5.78 Å². The van der Waals surface area contributed by atoms with Crippen LogP contribution in [0.2, 0.25) is 0 Å². The molecule has 3 unspecified atom stereocenters. The van der Waals surface area contributed by atoms with Crippen LogP contribution in [-0.4, -0.2) is 73.4 Å². The minimum atomic E-state index is -1.14. The summed E-state index contributed by atoms with van der Waals surface area (Å²) in [6.07, 6.45) is -0.313. The third kappa shape index (κ3) is 9.04. The van der Waals surface area contributed by atoms with E-state index in [0.29, 0.717) is 30.2 Å². The van der Waals surface area contributed by atoms with Gasteiger partial charge in [-0.15, -0.1) is 0 Å². The van der Waals surface area contributed by atoms with Gasteiger partial charge < -0.3 is 35.8 Å². The zero-order valence-corrected chi connectivity index (χ0v) is 23.1. The maximum Gasteiger partial charge on any atom is 0.326 e. The van der Waals surface area contributed by atoms with Gasteiger partial charge in [-0.3, -0.25) is 14.9 Å². The number of aryl methyl sites for hydroxylation is 1. The summed E-state index contributed by atoms with van der Waals surface area (Å²) in [5.41, 5.74) is 2.19. The zero-order valence-electron chi connectivity index (χ0n) is 23.1. The molecule has 1 aliphatic rings. The molecule has 1 aliphatic heterocycles. The summed E-state index contributed by atoms with van der Waals surface area (Å²) in [7, 11) is 1.49. The number of anilines is 2. The summed E-state index contributed by atoms with van der Waals surface area (Å²) in [5.74, 6) is -1.19. The number of ether oxygens (including phenoxy) is 2. The number of methoxy groups -OCH3 is 1. The number of urea groups is 1. The van der Waals surface area contributed by atoms with E-state index in [0.717, 1.165) is 11.1 Å². The monoisotopic (exact) mass is 555 g/mol. The van der Waals surface area contributed by atoms with E-state index in [-0.39, 0.29) is 25.2 Å². The molecule has 3 atom stereocenters. The van der Waals surface area contributed by atoms with Crippen molar-refractivity contribution in [2.45, 2.75) is 51.5 Å². The first-order chi connectivity index (χ1) is 19.0. The van der Waals surface area contributed by atoms with Crippen LogP contribution in [0.3, 0.4) is 0 Å². The lowest BCUT2D eigenvalue weighted by molar-refractivity contribution is -0.143. The third-order valence-corrected chi connectivity index (χ3v) is 6.39. The van der Waals surface area contributed by atoms with Crippen LogP contribution in [0, 0.1) is 6.92 Å². The Hall–Kier alpha value is -4.00. The lowest BCUT2D eigenvalue weighted by atomic mass is 10.1. The fourth-order valence-corrected chi connectivity index (χ4v) is 4.37. The smallest absolute Gasteiger partial charge is 0.326 e. The van der Waals surface area contributed by atoms with E-state index in [1.165, 1.54) is 14.0 Å². The van der Waals surface area contributed by atoms with E-state index in [1.807, 2.05) is 38.1 Å². The van der Waals surface area contributed by atoms with Crippen LogP contribution in [0.1, 0.15) is 31.4 Å². The number of carbonyl (C=O) groups excluding carboxylic acids is 3. The quantitative estimate of drug-likeness (QED) is 0.217. The Morgan fingerprint density at radius 1 is 1.15 bits per heavy atom. The molecule has 2 aromatic carbocycles. The summed E-state index contributed by atoms with van der Waals surface area (Å²) in [6.45, 7) is 5.94. The molecule has 40 heavy (non-hydrogen) atoms.